The van der Waals surface area contributed by atoms with Crippen LogP contribution in [0.15, 0.2) is 15.0 Å². The van der Waals surface area contributed by atoms with Crippen molar-refractivity contribution in [1.29, 1.82) is 0 Å². The fourth-order valence-corrected chi connectivity index (χ4v) is 3.48. The zero-order valence-corrected chi connectivity index (χ0v) is 15.7. The van der Waals surface area contributed by atoms with Gasteiger partial charge in [-0.3, -0.25) is 19.3 Å². The molecule has 0 aromatic heterocycles. The van der Waals surface area contributed by atoms with Crippen LogP contribution in [-0.2, 0) is 9.53 Å². The molecule has 8 heteroatoms. The van der Waals surface area contributed by atoms with Crippen molar-refractivity contribution in [1.82, 2.24) is 4.90 Å². The first-order valence-electron chi connectivity index (χ1n) is 7.17. The Hall–Kier alpha value is -1.41. The summed E-state index contributed by atoms with van der Waals surface area (Å²) in [5.74, 6) is -1.32. The van der Waals surface area contributed by atoms with Crippen molar-refractivity contribution in [2.24, 2.45) is 0 Å². The standard InChI is InChI=1S/C15H16Br2N2O4/c1-2-3-6-23-10(20)4-5-19-14(21)8-7-9(16)13(18)12(17)11(8)15(19)22/h7H,2-6,18H2,1H3. The highest BCUT2D eigenvalue weighted by molar-refractivity contribution is 9.11. The first-order valence-corrected chi connectivity index (χ1v) is 8.76. The highest BCUT2D eigenvalue weighted by Gasteiger charge is 2.38. The second-order valence-corrected chi connectivity index (χ2v) is 6.74. The molecule has 1 aromatic carbocycles. The fraction of sp³-hybridized carbons (Fsp3) is 0.400. The van der Waals surface area contributed by atoms with E-state index in [-0.39, 0.29) is 24.1 Å². The highest BCUT2D eigenvalue weighted by Crippen LogP contribution is 2.38. The quantitative estimate of drug-likeness (QED) is 0.313. The summed E-state index contributed by atoms with van der Waals surface area (Å²) in [5.41, 5.74) is 6.70. The van der Waals surface area contributed by atoms with E-state index in [1.54, 1.807) is 0 Å². The molecule has 0 aliphatic carbocycles. The molecule has 2 N–H and O–H groups in total. The molecular formula is C15H16Br2N2O4. The van der Waals surface area contributed by atoms with Crippen LogP contribution in [0.5, 0.6) is 0 Å². The second kappa shape index (κ2) is 7.44. The third-order valence-electron chi connectivity index (χ3n) is 3.49. The molecule has 0 saturated heterocycles. The number of nitrogen functional groups attached to an aromatic ring is 1. The molecular weight excluding hydrogens is 432 g/mol. The van der Waals surface area contributed by atoms with Crippen LogP contribution in [0, 0.1) is 0 Å². The summed E-state index contributed by atoms with van der Waals surface area (Å²) in [4.78, 5) is 37.5. The minimum atomic E-state index is -0.461. The number of amides is 2. The van der Waals surface area contributed by atoms with E-state index in [4.69, 9.17) is 10.5 Å². The first-order chi connectivity index (χ1) is 10.9. The maximum absolute atomic E-state index is 12.4. The van der Waals surface area contributed by atoms with E-state index in [1.165, 1.54) is 6.07 Å². The van der Waals surface area contributed by atoms with Crippen LogP contribution < -0.4 is 5.73 Å². The number of rotatable bonds is 6. The Morgan fingerprint density at radius 3 is 2.65 bits per heavy atom. The van der Waals surface area contributed by atoms with Crippen molar-refractivity contribution in [2.75, 3.05) is 18.9 Å². The number of fused-ring (bicyclic) bond motifs is 1. The Labute approximate surface area is 150 Å². The molecule has 2 rings (SSSR count). The van der Waals surface area contributed by atoms with Crippen LogP contribution in [0.1, 0.15) is 46.9 Å². The van der Waals surface area contributed by atoms with E-state index in [1.807, 2.05) is 6.92 Å². The number of imide groups is 1. The molecule has 1 aromatic rings. The highest BCUT2D eigenvalue weighted by atomic mass is 79.9. The molecule has 1 aliphatic rings. The third kappa shape index (κ3) is 3.58. The van der Waals surface area contributed by atoms with E-state index in [0.29, 0.717) is 21.2 Å². The van der Waals surface area contributed by atoms with E-state index < -0.39 is 17.8 Å². The molecule has 23 heavy (non-hydrogen) atoms. The molecule has 0 atom stereocenters. The Bertz CT molecular complexity index is 676. The Morgan fingerprint density at radius 2 is 2.00 bits per heavy atom. The number of hydrogen-bond donors (Lipinski definition) is 1. The van der Waals surface area contributed by atoms with Gasteiger partial charge in [-0.15, -0.1) is 0 Å². The monoisotopic (exact) mass is 446 g/mol. The number of nitrogens with zero attached hydrogens (tertiary/aromatic N) is 1. The average molecular weight is 448 g/mol. The van der Waals surface area contributed by atoms with Crippen molar-refractivity contribution in [3.05, 3.63) is 26.1 Å². The van der Waals surface area contributed by atoms with Crippen molar-refractivity contribution in [3.8, 4) is 0 Å². The maximum atomic E-state index is 12.4. The molecule has 0 unspecified atom stereocenters. The van der Waals surface area contributed by atoms with Gasteiger partial charge < -0.3 is 10.5 Å². The van der Waals surface area contributed by atoms with E-state index in [2.05, 4.69) is 31.9 Å². The van der Waals surface area contributed by atoms with Crippen LogP contribution in [-0.4, -0.2) is 35.8 Å². The topological polar surface area (TPSA) is 89.7 Å². The molecule has 1 aliphatic heterocycles. The number of carbonyl (C=O) groups is 3. The van der Waals surface area contributed by atoms with E-state index >= 15 is 0 Å². The summed E-state index contributed by atoms with van der Waals surface area (Å²) >= 11 is 6.51. The molecule has 0 fully saturated rings. The van der Waals surface area contributed by atoms with Gasteiger partial charge >= 0.3 is 5.97 Å². The average Bonchev–Trinajstić information content (AvgIpc) is 2.74. The molecule has 0 bridgehead atoms. The van der Waals surface area contributed by atoms with Crippen LogP contribution in [0.2, 0.25) is 0 Å². The SMILES string of the molecule is CCCCOC(=O)CCN1C(=O)c2cc(Br)c(N)c(Br)c2C1=O. The number of unbranched alkanes of at least 4 members (excludes halogenated alkanes) is 1. The summed E-state index contributed by atoms with van der Waals surface area (Å²) in [6.07, 6.45) is 1.69. The number of nitrogens with two attached hydrogens (primary N) is 1. The van der Waals surface area contributed by atoms with Gasteiger partial charge in [0.2, 0.25) is 0 Å². The Balaban J connectivity index is 2.09. The Morgan fingerprint density at radius 1 is 1.30 bits per heavy atom. The minimum absolute atomic E-state index is 0.0126. The number of benzene rings is 1. The van der Waals surface area contributed by atoms with Crippen LogP contribution in [0.4, 0.5) is 5.69 Å². The molecule has 6 nitrogen and oxygen atoms in total. The van der Waals surface area contributed by atoms with Crippen molar-refractivity contribution < 1.29 is 19.1 Å². The third-order valence-corrected chi connectivity index (χ3v) is 4.97. The number of carbonyl (C=O) groups excluding carboxylic acids is 3. The van der Waals surface area contributed by atoms with Gasteiger partial charge in [-0.05, 0) is 44.3 Å². The second-order valence-electron chi connectivity index (χ2n) is 5.09. The van der Waals surface area contributed by atoms with Crippen LogP contribution in [0.25, 0.3) is 0 Å². The minimum Gasteiger partial charge on any atom is -0.466 e. The van der Waals surface area contributed by atoms with Gasteiger partial charge in [-0.1, -0.05) is 13.3 Å². The lowest BCUT2D eigenvalue weighted by atomic mass is 10.1. The maximum Gasteiger partial charge on any atom is 0.307 e. The van der Waals surface area contributed by atoms with Crippen LogP contribution in [0.3, 0.4) is 0 Å². The van der Waals surface area contributed by atoms with Crippen LogP contribution >= 0.6 is 31.9 Å². The van der Waals surface area contributed by atoms with Gasteiger partial charge in [-0.2, -0.15) is 0 Å². The molecule has 124 valence electrons. The van der Waals surface area contributed by atoms with Gasteiger partial charge in [-0.25, -0.2) is 0 Å². The zero-order valence-electron chi connectivity index (χ0n) is 12.5. The molecule has 2 amide bonds. The lowest BCUT2D eigenvalue weighted by Crippen LogP contribution is -2.32. The lowest BCUT2D eigenvalue weighted by Gasteiger charge is -2.13. The van der Waals surface area contributed by atoms with Gasteiger partial charge in [0.15, 0.2) is 0 Å². The van der Waals surface area contributed by atoms with E-state index in [0.717, 1.165) is 17.7 Å². The fourth-order valence-electron chi connectivity index (χ4n) is 2.19. The zero-order chi connectivity index (χ0) is 17.1. The summed E-state index contributed by atoms with van der Waals surface area (Å²) in [7, 11) is 0. The number of anilines is 1. The van der Waals surface area contributed by atoms with E-state index in [9.17, 15) is 14.4 Å². The normalized spacial score (nSPS) is 13.4. The van der Waals surface area contributed by atoms with Gasteiger partial charge in [0.25, 0.3) is 11.8 Å². The smallest absolute Gasteiger partial charge is 0.307 e. The van der Waals surface area contributed by atoms with Crippen molar-refractivity contribution in [3.63, 3.8) is 0 Å². The summed E-state index contributed by atoms with van der Waals surface area (Å²) in [6.45, 7) is 2.34. The van der Waals surface area contributed by atoms with Crippen molar-refractivity contribution >= 4 is 55.3 Å². The van der Waals surface area contributed by atoms with Gasteiger partial charge in [0.1, 0.15) is 0 Å². The molecule has 0 radical (unpaired) electrons. The number of hydrogen-bond acceptors (Lipinski definition) is 5. The molecule has 0 saturated carbocycles. The molecule has 1 heterocycles. The summed E-state index contributed by atoms with van der Waals surface area (Å²) in [6, 6.07) is 1.52. The number of esters is 1. The Kier molecular flexibility index (Phi) is 5.80. The number of ether oxygens (including phenoxy) is 1. The van der Waals surface area contributed by atoms with Gasteiger partial charge in [0.05, 0.1) is 34.3 Å². The summed E-state index contributed by atoms with van der Waals surface area (Å²) in [5, 5.41) is 0. The largest absolute Gasteiger partial charge is 0.466 e. The predicted molar refractivity (Wildman–Crippen MR) is 92.1 cm³/mol. The summed E-state index contributed by atoms with van der Waals surface area (Å²) < 4.78 is 5.94. The predicted octanol–water partition coefficient (Wildman–Crippen LogP) is 3.12. The number of halogens is 2. The first kappa shape index (κ1) is 17.9. The van der Waals surface area contributed by atoms with Gasteiger partial charge in [0, 0.05) is 11.0 Å². The lowest BCUT2D eigenvalue weighted by molar-refractivity contribution is -0.143. The van der Waals surface area contributed by atoms with Crippen molar-refractivity contribution in [2.45, 2.75) is 26.2 Å². The molecule has 0 spiro atoms.